The highest BCUT2D eigenvalue weighted by Crippen LogP contribution is 2.14. The molecule has 6 nitrogen and oxygen atoms in total. The van der Waals surface area contributed by atoms with Crippen molar-refractivity contribution >= 4 is 11.6 Å². The fourth-order valence-electron chi connectivity index (χ4n) is 2.92. The number of fused-ring (bicyclic) bond motifs is 1. The third-order valence-electron chi connectivity index (χ3n) is 4.21. The van der Waals surface area contributed by atoms with Crippen LogP contribution in [0.5, 0.6) is 0 Å². The van der Waals surface area contributed by atoms with Crippen molar-refractivity contribution in [2.75, 3.05) is 39.4 Å². The van der Waals surface area contributed by atoms with Crippen LogP contribution in [0.4, 0.5) is 0 Å². The average molecular weight is 316 g/mol. The van der Waals surface area contributed by atoms with E-state index in [2.05, 4.69) is 15.2 Å². The predicted octanol–water partition coefficient (Wildman–Crippen LogP) is 1.27. The third kappa shape index (κ3) is 3.54. The van der Waals surface area contributed by atoms with Gasteiger partial charge in [0.1, 0.15) is 11.3 Å². The molecule has 3 rings (SSSR count). The van der Waals surface area contributed by atoms with Gasteiger partial charge in [0.25, 0.3) is 5.91 Å². The second-order valence-corrected chi connectivity index (χ2v) is 5.91. The molecule has 2 aromatic rings. The molecule has 0 atom stereocenters. The molecule has 0 radical (unpaired) electrons. The van der Waals surface area contributed by atoms with Crippen molar-refractivity contribution in [2.45, 2.75) is 20.3 Å². The van der Waals surface area contributed by atoms with Gasteiger partial charge in [-0.2, -0.15) is 0 Å². The summed E-state index contributed by atoms with van der Waals surface area (Å²) >= 11 is 0. The Morgan fingerprint density at radius 2 is 2.13 bits per heavy atom. The Bertz CT molecular complexity index is 689. The molecule has 23 heavy (non-hydrogen) atoms. The van der Waals surface area contributed by atoms with E-state index in [-0.39, 0.29) is 5.91 Å². The number of carbonyl (C=O) groups is 1. The number of aromatic nitrogens is 2. The molecule has 124 valence electrons. The maximum atomic E-state index is 12.6. The predicted molar refractivity (Wildman–Crippen MR) is 88.9 cm³/mol. The van der Waals surface area contributed by atoms with Gasteiger partial charge < -0.3 is 10.1 Å². The van der Waals surface area contributed by atoms with Crippen molar-refractivity contribution in [2.24, 2.45) is 0 Å². The molecule has 2 aromatic heterocycles. The average Bonchev–Trinajstić information content (AvgIpc) is 2.93. The first kappa shape index (κ1) is 16.0. The van der Waals surface area contributed by atoms with Gasteiger partial charge >= 0.3 is 0 Å². The molecule has 6 heteroatoms. The quantitative estimate of drug-likeness (QED) is 0.902. The Hall–Kier alpha value is -1.92. The topological polar surface area (TPSA) is 58.9 Å². The number of pyridine rings is 1. The van der Waals surface area contributed by atoms with Crippen LogP contribution in [-0.4, -0.2) is 59.6 Å². The van der Waals surface area contributed by atoms with Crippen LogP contribution in [0, 0.1) is 6.92 Å². The van der Waals surface area contributed by atoms with Crippen LogP contribution in [0.15, 0.2) is 18.3 Å². The van der Waals surface area contributed by atoms with Crippen LogP contribution in [-0.2, 0) is 11.2 Å². The standard InChI is InChI=1S/C17H24N4O2/c1-3-14-16(21-12-13(2)4-5-15(21)19-14)17(22)18-6-7-20-8-10-23-11-9-20/h4-5,12H,3,6-11H2,1-2H3,(H,18,22). The van der Waals surface area contributed by atoms with Gasteiger partial charge in [0.15, 0.2) is 0 Å². The van der Waals surface area contributed by atoms with E-state index in [0.29, 0.717) is 12.2 Å². The number of amides is 1. The summed E-state index contributed by atoms with van der Waals surface area (Å²) in [4.78, 5) is 19.5. The second kappa shape index (κ2) is 7.10. The van der Waals surface area contributed by atoms with Crippen molar-refractivity contribution in [3.8, 4) is 0 Å². The Kier molecular flexibility index (Phi) is 4.93. The summed E-state index contributed by atoms with van der Waals surface area (Å²) in [6.45, 7) is 8.97. The first-order valence-electron chi connectivity index (χ1n) is 8.25. The van der Waals surface area contributed by atoms with Crippen molar-refractivity contribution in [3.05, 3.63) is 35.3 Å². The van der Waals surface area contributed by atoms with Gasteiger partial charge in [0, 0.05) is 32.4 Å². The number of ether oxygens (including phenoxy) is 1. The van der Waals surface area contributed by atoms with E-state index < -0.39 is 0 Å². The smallest absolute Gasteiger partial charge is 0.270 e. The largest absolute Gasteiger partial charge is 0.379 e. The Labute approximate surface area is 136 Å². The number of hydrogen-bond acceptors (Lipinski definition) is 4. The fraction of sp³-hybridized carbons (Fsp3) is 0.529. The minimum absolute atomic E-state index is 0.0480. The number of nitrogens with one attached hydrogen (secondary N) is 1. The molecule has 1 aliphatic rings. The van der Waals surface area contributed by atoms with E-state index in [1.165, 1.54) is 0 Å². The highest BCUT2D eigenvalue weighted by molar-refractivity contribution is 5.94. The van der Waals surface area contributed by atoms with Gasteiger partial charge in [-0.15, -0.1) is 0 Å². The van der Waals surface area contributed by atoms with E-state index in [4.69, 9.17) is 4.74 Å². The van der Waals surface area contributed by atoms with Gasteiger partial charge in [-0.25, -0.2) is 4.98 Å². The zero-order chi connectivity index (χ0) is 16.2. The minimum atomic E-state index is -0.0480. The lowest BCUT2D eigenvalue weighted by atomic mass is 10.2. The minimum Gasteiger partial charge on any atom is -0.379 e. The Morgan fingerprint density at radius 3 is 2.87 bits per heavy atom. The number of aryl methyl sites for hydroxylation is 2. The third-order valence-corrected chi connectivity index (χ3v) is 4.21. The Morgan fingerprint density at radius 1 is 1.35 bits per heavy atom. The molecule has 3 heterocycles. The molecular formula is C17H24N4O2. The van der Waals surface area contributed by atoms with Gasteiger partial charge in [-0.1, -0.05) is 13.0 Å². The number of rotatable bonds is 5. The van der Waals surface area contributed by atoms with Crippen LogP contribution in [0.2, 0.25) is 0 Å². The van der Waals surface area contributed by atoms with Crippen molar-refractivity contribution in [1.82, 2.24) is 19.6 Å². The molecule has 1 aliphatic heterocycles. The number of carbonyl (C=O) groups excluding carboxylic acids is 1. The zero-order valence-electron chi connectivity index (χ0n) is 13.8. The van der Waals surface area contributed by atoms with Gasteiger partial charge in [-0.05, 0) is 25.0 Å². The summed E-state index contributed by atoms with van der Waals surface area (Å²) in [5, 5.41) is 3.04. The summed E-state index contributed by atoms with van der Waals surface area (Å²) in [5.41, 5.74) is 3.44. The fourth-order valence-corrected chi connectivity index (χ4v) is 2.92. The maximum absolute atomic E-state index is 12.6. The number of nitrogens with zero attached hydrogens (tertiary/aromatic N) is 3. The number of morpholine rings is 1. The van der Waals surface area contributed by atoms with Crippen LogP contribution >= 0.6 is 0 Å². The monoisotopic (exact) mass is 316 g/mol. The van der Waals surface area contributed by atoms with Gasteiger partial charge in [0.05, 0.1) is 18.9 Å². The summed E-state index contributed by atoms with van der Waals surface area (Å²) < 4.78 is 7.24. The number of imidazole rings is 1. The lowest BCUT2D eigenvalue weighted by Crippen LogP contribution is -2.41. The number of hydrogen-bond donors (Lipinski definition) is 1. The maximum Gasteiger partial charge on any atom is 0.270 e. The molecule has 0 aromatic carbocycles. The molecule has 0 saturated carbocycles. The van der Waals surface area contributed by atoms with Gasteiger partial charge in [0.2, 0.25) is 0 Å². The molecule has 0 bridgehead atoms. The van der Waals surface area contributed by atoms with Crippen LogP contribution in [0.1, 0.15) is 28.7 Å². The first-order valence-corrected chi connectivity index (χ1v) is 8.25. The van der Waals surface area contributed by atoms with Crippen LogP contribution in [0.25, 0.3) is 5.65 Å². The molecule has 0 aliphatic carbocycles. The van der Waals surface area contributed by atoms with E-state index in [9.17, 15) is 4.79 Å². The summed E-state index contributed by atoms with van der Waals surface area (Å²) in [5.74, 6) is -0.0480. The molecule has 0 spiro atoms. The zero-order valence-corrected chi connectivity index (χ0v) is 13.8. The van der Waals surface area contributed by atoms with Crippen molar-refractivity contribution in [1.29, 1.82) is 0 Å². The highest BCUT2D eigenvalue weighted by Gasteiger charge is 2.18. The molecular weight excluding hydrogens is 292 g/mol. The van der Waals surface area contributed by atoms with E-state index in [1.807, 2.05) is 36.6 Å². The summed E-state index contributed by atoms with van der Waals surface area (Å²) in [6, 6.07) is 3.97. The lowest BCUT2D eigenvalue weighted by Gasteiger charge is -2.26. The molecule has 1 fully saturated rings. The SMILES string of the molecule is CCc1nc2ccc(C)cn2c1C(=O)NCCN1CCOCC1. The van der Waals surface area contributed by atoms with E-state index >= 15 is 0 Å². The van der Waals surface area contributed by atoms with Crippen LogP contribution in [0.3, 0.4) is 0 Å². The molecule has 0 unspecified atom stereocenters. The Balaban J connectivity index is 1.70. The van der Waals surface area contributed by atoms with E-state index in [0.717, 1.165) is 56.2 Å². The van der Waals surface area contributed by atoms with Crippen molar-refractivity contribution < 1.29 is 9.53 Å². The second-order valence-electron chi connectivity index (χ2n) is 5.91. The molecule has 1 amide bonds. The molecule has 1 N–H and O–H groups in total. The van der Waals surface area contributed by atoms with Crippen molar-refractivity contribution in [3.63, 3.8) is 0 Å². The highest BCUT2D eigenvalue weighted by atomic mass is 16.5. The normalized spacial score (nSPS) is 15.9. The first-order chi connectivity index (χ1) is 11.2. The van der Waals surface area contributed by atoms with E-state index in [1.54, 1.807) is 0 Å². The lowest BCUT2D eigenvalue weighted by molar-refractivity contribution is 0.0383. The molecule has 1 saturated heterocycles. The summed E-state index contributed by atoms with van der Waals surface area (Å²) in [6.07, 6.45) is 2.71. The summed E-state index contributed by atoms with van der Waals surface area (Å²) in [7, 11) is 0. The van der Waals surface area contributed by atoms with Crippen LogP contribution < -0.4 is 5.32 Å². The van der Waals surface area contributed by atoms with Gasteiger partial charge in [-0.3, -0.25) is 14.1 Å².